The van der Waals surface area contributed by atoms with E-state index in [9.17, 15) is 14.0 Å². The largest absolute Gasteiger partial charge is 0.444 e. The molecular weight excluding hydrogens is 536 g/mol. The fourth-order valence-electron chi connectivity index (χ4n) is 3.57. The minimum absolute atomic E-state index is 0.00794. The number of nitrogens with zero attached hydrogens (tertiary/aromatic N) is 2. The molecule has 0 radical (unpaired) electrons. The number of hydrogen-bond donors (Lipinski definition) is 2. The number of anilines is 1. The lowest BCUT2D eigenvalue weighted by molar-refractivity contribution is -0.117. The Morgan fingerprint density at radius 1 is 1.24 bits per heavy atom. The van der Waals surface area contributed by atoms with Crippen LogP contribution in [-0.4, -0.2) is 50.7 Å². The zero-order chi connectivity index (χ0) is 24.6. The van der Waals surface area contributed by atoms with Gasteiger partial charge in [-0.15, -0.1) is 0 Å². The first-order chi connectivity index (χ1) is 16.0. The third-order valence-corrected chi connectivity index (χ3v) is 5.85. The van der Waals surface area contributed by atoms with Crippen LogP contribution >= 0.6 is 46.4 Å². The molecule has 1 saturated heterocycles. The number of hydrogen-bond acceptors (Lipinski definition) is 5. The van der Waals surface area contributed by atoms with Crippen molar-refractivity contribution in [2.75, 3.05) is 18.5 Å². The van der Waals surface area contributed by atoms with E-state index in [1.54, 1.807) is 6.07 Å². The fourth-order valence-corrected chi connectivity index (χ4v) is 4.09. The minimum atomic E-state index is -1.81. The number of nitrogens with one attached hydrogen (secondary N) is 2. The molecule has 180 valence electrons. The highest BCUT2D eigenvalue weighted by Gasteiger charge is 2.30. The number of benzene rings is 2. The maximum atomic E-state index is 15.4. The van der Waals surface area contributed by atoms with Gasteiger partial charge in [0.25, 0.3) is 0 Å². The summed E-state index contributed by atoms with van der Waals surface area (Å²) in [5.41, 5.74) is 0.707. The normalized spacial score (nSPS) is 18.3. The molecule has 1 aliphatic heterocycles. The molecule has 7 nitrogen and oxygen atoms in total. The number of halogens is 6. The van der Waals surface area contributed by atoms with E-state index in [1.165, 1.54) is 30.6 Å². The highest BCUT2D eigenvalue weighted by atomic mass is 35.6. The summed E-state index contributed by atoms with van der Waals surface area (Å²) in [6.45, 7) is -0.448. The minimum Gasteiger partial charge on any atom is -0.444 e. The van der Waals surface area contributed by atoms with Crippen LogP contribution in [0.15, 0.2) is 36.7 Å². The molecule has 34 heavy (non-hydrogen) atoms. The Labute approximate surface area is 212 Å². The van der Waals surface area contributed by atoms with E-state index in [2.05, 4.69) is 15.6 Å². The molecule has 0 unspecified atom stereocenters. The second-order valence-electron chi connectivity index (χ2n) is 7.53. The van der Waals surface area contributed by atoms with E-state index in [0.29, 0.717) is 5.52 Å². The lowest BCUT2D eigenvalue weighted by Crippen LogP contribution is -2.35. The second-order valence-corrected chi connectivity index (χ2v) is 10.4. The number of aromatic nitrogens is 2. The maximum absolute atomic E-state index is 15.4. The number of rotatable bonds is 4. The van der Waals surface area contributed by atoms with Crippen LogP contribution in [0.1, 0.15) is 6.42 Å². The van der Waals surface area contributed by atoms with Crippen molar-refractivity contribution >= 4 is 75.1 Å². The van der Waals surface area contributed by atoms with Crippen LogP contribution in [0, 0.1) is 5.82 Å². The molecule has 4 rings (SSSR count). The molecule has 2 aromatic carbocycles. The second kappa shape index (κ2) is 9.83. The van der Waals surface area contributed by atoms with Gasteiger partial charge in [-0.05, 0) is 12.1 Å². The number of imidazole rings is 1. The van der Waals surface area contributed by atoms with Crippen LogP contribution in [0.25, 0.3) is 22.2 Å². The first-order valence-corrected chi connectivity index (χ1v) is 11.4. The van der Waals surface area contributed by atoms with E-state index in [1.807, 2.05) is 0 Å². The quantitative estimate of drug-likeness (QED) is 0.419. The Morgan fingerprint density at radius 2 is 2.00 bits per heavy atom. The number of carbonyl (C=O) groups excluding carboxylic acids is 2. The topological polar surface area (TPSA) is 85.2 Å². The van der Waals surface area contributed by atoms with Crippen molar-refractivity contribution in [3.05, 3.63) is 47.5 Å². The zero-order valence-corrected chi connectivity index (χ0v) is 20.2. The summed E-state index contributed by atoms with van der Waals surface area (Å²) in [6.07, 6.45) is -0.845. The Balaban J connectivity index is 1.66. The highest BCUT2D eigenvalue weighted by Crippen LogP contribution is 2.37. The summed E-state index contributed by atoms with van der Waals surface area (Å²) in [5.74, 6) is -1.30. The molecular formula is C21H16Cl4F2N4O3. The van der Waals surface area contributed by atoms with Gasteiger partial charge >= 0.3 is 6.09 Å². The van der Waals surface area contributed by atoms with Crippen molar-refractivity contribution in [1.29, 1.82) is 0 Å². The summed E-state index contributed by atoms with van der Waals surface area (Å²) in [4.78, 5) is 29.0. The van der Waals surface area contributed by atoms with Gasteiger partial charge in [0.15, 0.2) is 5.82 Å². The smallest absolute Gasteiger partial charge is 0.419 e. The lowest BCUT2D eigenvalue weighted by Gasteiger charge is -2.15. The van der Waals surface area contributed by atoms with Gasteiger partial charge in [0.05, 0.1) is 27.8 Å². The Kier molecular flexibility index (Phi) is 7.21. The third-order valence-electron chi connectivity index (χ3n) is 5.14. The number of ether oxygens (including phenoxy) is 1. The first kappa shape index (κ1) is 24.9. The SMILES string of the molecule is O=C(Nc1cccc(-c2ccc3ncn(C(=O)OCC(Cl)(Cl)Cl)c3c2Cl)c1F)[C@@H]1C[C@@H](F)CN1. The van der Waals surface area contributed by atoms with Gasteiger partial charge in [0, 0.05) is 24.1 Å². The number of carbonyl (C=O) groups is 2. The van der Waals surface area contributed by atoms with Crippen molar-refractivity contribution in [2.24, 2.45) is 0 Å². The van der Waals surface area contributed by atoms with E-state index in [-0.39, 0.29) is 40.3 Å². The predicted molar refractivity (Wildman–Crippen MR) is 127 cm³/mol. The average molecular weight is 552 g/mol. The van der Waals surface area contributed by atoms with Gasteiger partial charge in [-0.2, -0.15) is 0 Å². The summed E-state index contributed by atoms with van der Waals surface area (Å²) >= 11 is 23.4. The molecule has 0 bridgehead atoms. The van der Waals surface area contributed by atoms with E-state index < -0.39 is 40.4 Å². The van der Waals surface area contributed by atoms with Crippen LogP contribution < -0.4 is 10.6 Å². The van der Waals surface area contributed by atoms with Crippen molar-refractivity contribution in [3.8, 4) is 11.1 Å². The van der Waals surface area contributed by atoms with E-state index >= 15 is 4.39 Å². The number of amides is 1. The summed E-state index contributed by atoms with van der Waals surface area (Å²) in [6, 6.07) is 6.69. The van der Waals surface area contributed by atoms with Gasteiger partial charge in [-0.25, -0.2) is 23.1 Å². The van der Waals surface area contributed by atoms with Crippen LogP contribution in [0.2, 0.25) is 5.02 Å². The summed E-state index contributed by atoms with van der Waals surface area (Å²) in [7, 11) is 0. The van der Waals surface area contributed by atoms with Gasteiger partial charge in [-0.3, -0.25) is 4.79 Å². The number of fused-ring (bicyclic) bond motifs is 1. The Hall–Kier alpha value is -2.17. The van der Waals surface area contributed by atoms with E-state index in [4.69, 9.17) is 51.1 Å². The van der Waals surface area contributed by atoms with Crippen molar-refractivity contribution < 1.29 is 23.1 Å². The molecule has 0 saturated carbocycles. The van der Waals surface area contributed by atoms with Crippen LogP contribution in [0.3, 0.4) is 0 Å². The highest BCUT2D eigenvalue weighted by molar-refractivity contribution is 6.67. The number of alkyl halides is 4. The third kappa shape index (κ3) is 5.23. The summed E-state index contributed by atoms with van der Waals surface area (Å²) < 4.78 is 32.9. The molecule has 1 aromatic heterocycles. The molecule has 2 N–H and O–H groups in total. The van der Waals surface area contributed by atoms with Crippen LogP contribution in [-0.2, 0) is 9.53 Å². The molecule has 2 atom stereocenters. The predicted octanol–water partition coefficient (Wildman–Crippen LogP) is 5.49. The molecule has 13 heteroatoms. The summed E-state index contributed by atoms with van der Waals surface area (Å²) in [5, 5.41) is 5.24. The van der Waals surface area contributed by atoms with Gasteiger partial charge < -0.3 is 15.4 Å². The van der Waals surface area contributed by atoms with Gasteiger partial charge in [-0.1, -0.05) is 64.6 Å². The van der Waals surface area contributed by atoms with E-state index in [0.717, 1.165) is 4.57 Å². The molecule has 0 aliphatic carbocycles. The average Bonchev–Trinajstić information content (AvgIpc) is 3.40. The van der Waals surface area contributed by atoms with Crippen molar-refractivity contribution in [2.45, 2.75) is 22.4 Å². The Morgan fingerprint density at radius 3 is 2.68 bits per heavy atom. The molecule has 3 aromatic rings. The molecule has 1 aliphatic rings. The standard InChI is InChI=1S/C21H16Cl4F2N4O3/c22-16-11(4-5-14-18(16)31(9-29-14)20(33)34-8-21(23,24)25)12-2-1-3-13(17(12)27)30-19(32)15-6-10(26)7-28-15/h1-5,9-10,15,28H,6-8H2,(H,30,32)/t10-,15+/m1/s1. The van der Waals surface area contributed by atoms with Crippen LogP contribution in [0.4, 0.5) is 19.3 Å². The van der Waals surface area contributed by atoms with Crippen molar-refractivity contribution in [1.82, 2.24) is 14.9 Å². The molecule has 2 heterocycles. The molecule has 1 amide bonds. The molecule has 1 fully saturated rings. The van der Waals surface area contributed by atoms with Crippen molar-refractivity contribution in [3.63, 3.8) is 0 Å². The monoisotopic (exact) mass is 550 g/mol. The van der Waals surface area contributed by atoms with Gasteiger partial charge in [0.2, 0.25) is 9.70 Å². The Bertz CT molecular complexity index is 1260. The molecule has 0 spiro atoms. The van der Waals surface area contributed by atoms with Gasteiger partial charge in [0.1, 0.15) is 19.1 Å². The zero-order valence-electron chi connectivity index (χ0n) is 17.1. The fraction of sp³-hybridized carbons (Fsp3) is 0.286. The maximum Gasteiger partial charge on any atom is 0.419 e. The van der Waals surface area contributed by atoms with Crippen LogP contribution in [0.5, 0.6) is 0 Å². The first-order valence-electron chi connectivity index (χ1n) is 9.92. The lowest BCUT2D eigenvalue weighted by atomic mass is 10.0.